The number of aryl methyl sites for hydroxylation is 1. The number of nitrogens with zero attached hydrogens (tertiary/aromatic N) is 1. The first kappa shape index (κ1) is 29.9. The quantitative estimate of drug-likeness (QED) is 0.400. The Morgan fingerprint density at radius 3 is 2.57 bits per heavy atom. The molecule has 0 amide bonds. The average molecular weight is 536 g/mol. The number of aliphatic hydroxyl groups is 2. The Balaban J connectivity index is 1.91. The molecular formula is C29H45NO6S. The van der Waals surface area contributed by atoms with E-state index in [4.69, 9.17) is 9.47 Å². The van der Waals surface area contributed by atoms with E-state index in [1.54, 1.807) is 32.1 Å². The molecule has 208 valence electrons. The molecule has 8 heteroatoms. The zero-order valence-electron chi connectivity index (χ0n) is 23.5. The molecule has 2 aliphatic heterocycles. The van der Waals surface area contributed by atoms with Gasteiger partial charge >= 0.3 is 5.97 Å². The second-order valence-corrected chi connectivity index (χ2v) is 12.8. The van der Waals surface area contributed by atoms with Crippen LogP contribution in [0.2, 0.25) is 0 Å². The number of esters is 1. The Bertz CT molecular complexity index is 987. The Labute approximate surface area is 225 Å². The molecule has 0 saturated carbocycles. The number of ketones is 1. The first-order valence-corrected chi connectivity index (χ1v) is 14.6. The molecule has 2 fully saturated rings. The third kappa shape index (κ3) is 7.08. The van der Waals surface area contributed by atoms with Gasteiger partial charge in [-0.05, 0) is 50.7 Å². The molecule has 3 heterocycles. The minimum absolute atomic E-state index is 0.0661. The first-order chi connectivity index (χ1) is 17.3. The molecular weight excluding hydrogens is 490 g/mol. The normalized spacial score (nSPS) is 36.1. The number of fused-ring (bicyclic) bond motifs is 1. The van der Waals surface area contributed by atoms with Crippen molar-refractivity contribution in [2.75, 3.05) is 0 Å². The highest BCUT2D eigenvalue weighted by molar-refractivity contribution is 7.09. The molecule has 0 bridgehead atoms. The lowest BCUT2D eigenvalue weighted by Gasteiger charge is -2.34. The van der Waals surface area contributed by atoms with Crippen molar-refractivity contribution in [1.82, 2.24) is 4.98 Å². The van der Waals surface area contributed by atoms with Crippen LogP contribution in [0.5, 0.6) is 0 Å². The van der Waals surface area contributed by atoms with Crippen molar-refractivity contribution < 1.29 is 29.3 Å². The van der Waals surface area contributed by atoms with E-state index in [9.17, 15) is 19.8 Å². The van der Waals surface area contributed by atoms with Gasteiger partial charge in [-0.2, -0.15) is 0 Å². The summed E-state index contributed by atoms with van der Waals surface area (Å²) in [6.45, 7) is 13.0. The van der Waals surface area contributed by atoms with Gasteiger partial charge in [-0.15, -0.1) is 11.3 Å². The molecule has 2 N–H and O–H groups in total. The fourth-order valence-electron chi connectivity index (χ4n) is 5.69. The summed E-state index contributed by atoms with van der Waals surface area (Å²) in [6.07, 6.45) is 4.02. The van der Waals surface area contributed by atoms with Crippen molar-refractivity contribution in [1.29, 1.82) is 0 Å². The van der Waals surface area contributed by atoms with E-state index in [1.165, 1.54) is 0 Å². The lowest BCUT2D eigenvalue weighted by atomic mass is 9.73. The molecule has 2 aliphatic rings. The zero-order valence-corrected chi connectivity index (χ0v) is 24.3. The standard InChI is InChI=1S/C29H45NO6S/c1-8-12-29-15-22(18(3)13-21-16-37-20(5)30-21)35-25(32)14-23(31)28(6,7)27(34)19(4)26(33)17(2)10-9-11-24(29)36-29/h13,16-17,19,22-24,26,31,33H,8-12,14-15H2,1-7H3/t17-,19+,22-,23-,24-,26-,29-/m0/s1. The number of Topliss-reactive ketones (excluding diaryl/α,β-unsaturated/α-hetero) is 1. The summed E-state index contributed by atoms with van der Waals surface area (Å²) in [7, 11) is 0. The Hall–Kier alpha value is -1.61. The molecule has 7 nitrogen and oxygen atoms in total. The van der Waals surface area contributed by atoms with Crippen molar-refractivity contribution in [2.24, 2.45) is 17.3 Å². The highest BCUT2D eigenvalue weighted by atomic mass is 32.1. The van der Waals surface area contributed by atoms with Gasteiger partial charge in [0.15, 0.2) is 0 Å². The molecule has 37 heavy (non-hydrogen) atoms. The molecule has 1 aromatic heterocycles. The fraction of sp³-hybridized carbons (Fsp3) is 0.759. The SMILES string of the molecule is CCC[C@]12C[C@@H](C(C)=Cc3csc(C)n3)OC(=O)C[C@H](O)C(C)(C)C(=O)[C@H](C)[C@@H](O)[C@@H](C)CCC[C@@H]1O2. The number of ether oxygens (including phenoxy) is 2. The lowest BCUT2D eigenvalue weighted by Crippen LogP contribution is -2.45. The summed E-state index contributed by atoms with van der Waals surface area (Å²) in [5.41, 5.74) is 0.143. The topological polar surface area (TPSA) is 109 Å². The molecule has 1 aromatic rings. The van der Waals surface area contributed by atoms with Crippen LogP contribution in [0.25, 0.3) is 6.08 Å². The number of aromatic nitrogens is 1. The van der Waals surface area contributed by atoms with E-state index in [2.05, 4.69) is 11.9 Å². The van der Waals surface area contributed by atoms with Gasteiger partial charge < -0.3 is 19.7 Å². The second-order valence-electron chi connectivity index (χ2n) is 11.8. The minimum Gasteiger partial charge on any atom is -0.458 e. The van der Waals surface area contributed by atoms with Gasteiger partial charge in [-0.1, -0.05) is 47.5 Å². The number of carbonyl (C=O) groups is 2. The average Bonchev–Trinajstić information content (AvgIpc) is 3.33. The number of epoxide rings is 1. The summed E-state index contributed by atoms with van der Waals surface area (Å²) in [6, 6.07) is 0. The predicted molar refractivity (Wildman–Crippen MR) is 145 cm³/mol. The number of cyclic esters (lactones) is 1. The van der Waals surface area contributed by atoms with E-state index in [-0.39, 0.29) is 29.8 Å². The maximum absolute atomic E-state index is 13.3. The zero-order chi connectivity index (χ0) is 27.5. The Kier molecular flexibility index (Phi) is 9.76. The number of hydrogen-bond donors (Lipinski definition) is 2. The molecule has 0 spiro atoms. The van der Waals surface area contributed by atoms with E-state index >= 15 is 0 Å². The molecule has 7 atom stereocenters. The maximum Gasteiger partial charge on any atom is 0.309 e. The van der Waals surface area contributed by atoms with E-state index < -0.39 is 35.6 Å². The van der Waals surface area contributed by atoms with Crippen LogP contribution >= 0.6 is 11.3 Å². The van der Waals surface area contributed by atoms with Crippen molar-refractivity contribution in [3.63, 3.8) is 0 Å². The van der Waals surface area contributed by atoms with Crippen LogP contribution < -0.4 is 0 Å². The van der Waals surface area contributed by atoms with Crippen LogP contribution in [0.15, 0.2) is 11.0 Å². The summed E-state index contributed by atoms with van der Waals surface area (Å²) in [5.74, 6) is -1.53. The van der Waals surface area contributed by atoms with Gasteiger partial charge in [0.2, 0.25) is 0 Å². The first-order valence-electron chi connectivity index (χ1n) is 13.7. The fourth-order valence-corrected chi connectivity index (χ4v) is 6.26. The van der Waals surface area contributed by atoms with Crippen molar-refractivity contribution in [2.45, 2.75) is 123 Å². The second kappa shape index (κ2) is 12.1. The smallest absolute Gasteiger partial charge is 0.309 e. The third-order valence-corrected chi connectivity index (χ3v) is 9.16. The van der Waals surface area contributed by atoms with Gasteiger partial charge in [0, 0.05) is 17.7 Å². The monoisotopic (exact) mass is 535 g/mol. The van der Waals surface area contributed by atoms with Crippen molar-refractivity contribution >= 4 is 29.2 Å². The summed E-state index contributed by atoms with van der Waals surface area (Å²) in [4.78, 5) is 30.9. The number of aliphatic hydroxyl groups excluding tert-OH is 2. The molecule has 0 unspecified atom stereocenters. The molecule has 3 rings (SSSR count). The molecule has 0 aliphatic carbocycles. The number of rotatable bonds is 4. The van der Waals surface area contributed by atoms with E-state index in [0.29, 0.717) is 6.42 Å². The van der Waals surface area contributed by atoms with Gasteiger partial charge in [0.1, 0.15) is 11.9 Å². The van der Waals surface area contributed by atoms with Crippen LogP contribution in [-0.4, -0.2) is 57.0 Å². The Morgan fingerprint density at radius 2 is 1.95 bits per heavy atom. The van der Waals surface area contributed by atoms with E-state index in [0.717, 1.165) is 48.4 Å². The largest absolute Gasteiger partial charge is 0.458 e. The third-order valence-electron chi connectivity index (χ3n) is 8.37. The number of thiazole rings is 1. The van der Waals surface area contributed by atoms with Crippen LogP contribution in [-0.2, 0) is 19.1 Å². The van der Waals surface area contributed by atoms with Crippen molar-refractivity contribution in [3.8, 4) is 0 Å². The van der Waals surface area contributed by atoms with Gasteiger partial charge in [-0.3, -0.25) is 9.59 Å². The highest BCUT2D eigenvalue weighted by Gasteiger charge is 2.56. The molecule has 0 aromatic carbocycles. The van der Waals surface area contributed by atoms with Crippen LogP contribution in [0.4, 0.5) is 0 Å². The maximum atomic E-state index is 13.3. The summed E-state index contributed by atoms with van der Waals surface area (Å²) < 4.78 is 12.3. The number of carbonyl (C=O) groups excluding carboxylic acids is 2. The predicted octanol–water partition coefficient (Wildman–Crippen LogP) is 5.26. The van der Waals surface area contributed by atoms with E-state index in [1.807, 2.05) is 32.2 Å². The van der Waals surface area contributed by atoms with Crippen LogP contribution in [0.3, 0.4) is 0 Å². The van der Waals surface area contributed by atoms with Gasteiger partial charge in [0.25, 0.3) is 0 Å². The highest BCUT2D eigenvalue weighted by Crippen LogP contribution is 2.48. The summed E-state index contributed by atoms with van der Waals surface area (Å²) >= 11 is 1.57. The van der Waals surface area contributed by atoms with Gasteiger partial charge in [0.05, 0.1) is 46.5 Å². The molecule has 2 saturated heterocycles. The van der Waals surface area contributed by atoms with Crippen LogP contribution in [0.1, 0.15) is 97.2 Å². The summed E-state index contributed by atoms with van der Waals surface area (Å²) in [5, 5.41) is 24.8. The Morgan fingerprint density at radius 1 is 1.24 bits per heavy atom. The van der Waals surface area contributed by atoms with Crippen LogP contribution in [0, 0.1) is 24.2 Å². The van der Waals surface area contributed by atoms with Crippen molar-refractivity contribution in [3.05, 3.63) is 21.7 Å². The lowest BCUT2D eigenvalue weighted by molar-refractivity contribution is -0.154. The minimum atomic E-state index is -1.23. The molecule has 0 radical (unpaired) electrons. The number of hydrogen-bond acceptors (Lipinski definition) is 8. The van der Waals surface area contributed by atoms with Gasteiger partial charge in [-0.25, -0.2) is 4.98 Å².